The fourth-order valence-corrected chi connectivity index (χ4v) is 3.06. The van der Waals surface area contributed by atoms with Crippen LogP contribution in [0.1, 0.15) is 24.1 Å². The van der Waals surface area contributed by atoms with Gasteiger partial charge in [0.15, 0.2) is 0 Å². The van der Waals surface area contributed by atoms with E-state index in [1.165, 1.54) is 12.1 Å². The molecule has 2 aromatic rings. The first kappa shape index (κ1) is 21.5. The molecule has 0 saturated carbocycles. The quantitative estimate of drug-likeness (QED) is 0.643. The van der Waals surface area contributed by atoms with Gasteiger partial charge in [-0.2, -0.15) is 0 Å². The molecular formula is C19H24N4O4S. The largest absolute Gasteiger partial charge is 0.334 e. The second-order valence-electron chi connectivity index (χ2n) is 6.42. The molecule has 4 N–H and O–H groups in total. The van der Waals surface area contributed by atoms with Gasteiger partial charge in [0, 0.05) is 12.6 Å². The van der Waals surface area contributed by atoms with Gasteiger partial charge in [-0.1, -0.05) is 42.5 Å². The number of carbonyl (C=O) groups excluding carboxylic acids is 2. The van der Waals surface area contributed by atoms with Crippen LogP contribution in [-0.2, 0) is 21.4 Å². The fourth-order valence-electron chi connectivity index (χ4n) is 2.54. The first-order valence-corrected chi connectivity index (χ1v) is 10.2. The van der Waals surface area contributed by atoms with Gasteiger partial charge in [0.1, 0.15) is 0 Å². The monoisotopic (exact) mass is 404 g/mol. The number of nitrogens with zero attached hydrogens (tertiary/aromatic N) is 1. The minimum absolute atomic E-state index is 0.00311. The number of amides is 3. The van der Waals surface area contributed by atoms with Crippen molar-refractivity contribution >= 4 is 22.0 Å². The van der Waals surface area contributed by atoms with Gasteiger partial charge in [0.2, 0.25) is 15.9 Å². The van der Waals surface area contributed by atoms with Crippen molar-refractivity contribution in [2.45, 2.75) is 24.4 Å². The maximum atomic E-state index is 12.1. The van der Waals surface area contributed by atoms with E-state index in [2.05, 4.69) is 10.6 Å². The Morgan fingerprint density at radius 1 is 1.07 bits per heavy atom. The molecule has 2 aromatic carbocycles. The Bertz CT molecular complexity index is 915. The molecule has 0 spiro atoms. The molecule has 0 saturated heterocycles. The van der Waals surface area contributed by atoms with Crippen molar-refractivity contribution < 1.29 is 18.0 Å². The third-order valence-corrected chi connectivity index (χ3v) is 5.22. The smallest absolute Gasteiger partial charge is 0.321 e. The van der Waals surface area contributed by atoms with Crippen LogP contribution in [0.25, 0.3) is 0 Å². The summed E-state index contributed by atoms with van der Waals surface area (Å²) in [4.78, 5) is 25.7. The number of urea groups is 1. The Labute approximate surface area is 164 Å². The maximum Gasteiger partial charge on any atom is 0.321 e. The molecule has 2 rings (SSSR count). The van der Waals surface area contributed by atoms with E-state index in [0.717, 1.165) is 11.1 Å². The Morgan fingerprint density at radius 3 is 2.25 bits per heavy atom. The Morgan fingerprint density at radius 2 is 1.68 bits per heavy atom. The predicted octanol–water partition coefficient (Wildman–Crippen LogP) is 1.35. The lowest BCUT2D eigenvalue weighted by molar-refractivity contribution is -0.121. The van der Waals surface area contributed by atoms with Gasteiger partial charge in [-0.05, 0) is 37.2 Å². The average molecular weight is 404 g/mol. The van der Waals surface area contributed by atoms with Gasteiger partial charge >= 0.3 is 6.03 Å². The van der Waals surface area contributed by atoms with E-state index in [-0.39, 0.29) is 17.5 Å². The van der Waals surface area contributed by atoms with Crippen LogP contribution in [0.2, 0.25) is 0 Å². The van der Waals surface area contributed by atoms with Gasteiger partial charge in [0.25, 0.3) is 0 Å². The van der Waals surface area contributed by atoms with Crippen molar-refractivity contribution in [2.75, 3.05) is 13.6 Å². The molecule has 150 valence electrons. The van der Waals surface area contributed by atoms with Gasteiger partial charge in [-0.25, -0.2) is 18.4 Å². The average Bonchev–Trinajstić information content (AvgIpc) is 2.66. The van der Waals surface area contributed by atoms with E-state index in [9.17, 15) is 18.0 Å². The lowest BCUT2D eigenvalue weighted by atomic mass is 10.1. The number of imide groups is 1. The molecule has 0 aliphatic rings. The molecule has 9 heteroatoms. The highest BCUT2D eigenvalue weighted by molar-refractivity contribution is 7.89. The second kappa shape index (κ2) is 9.45. The zero-order valence-electron chi connectivity index (χ0n) is 15.8. The predicted molar refractivity (Wildman–Crippen MR) is 106 cm³/mol. The SMILES string of the molecule is C[C@H](c1ccc(S(N)(=O)=O)cc1)N(C)CC(=O)NC(=O)NCc1ccccc1. The lowest BCUT2D eigenvalue weighted by Crippen LogP contribution is -2.43. The summed E-state index contributed by atoms with van der Waals surface area (Å²) in [7, 11) is -2.01. The molecule has 0 fully saturated rings. The van der Waals surface area contributed by atoms with Crippen molar-refractivity contribution in [3.8, 4) is 0 Å². The molecule has 0 radical (unpaired) electrons. The lowest BCUT2D eigenvalue weighted by Gasteiger charge is -2.24. The summed E-state index contributed by atoms with van der Waals surface area (Å²) in [5, 5.41) is 10.0. The summed E-state index contributed by atoms with van der Waals surface area (Å²) in [5.41, 5.74) is 1.75. The number of hydrogen-bond acceptors (Lipinski definition) is 5. The summed E-state index contributed by atoms with van der Waals surface area (Å²) in [6.45, 7) is 2.19. The number of rotatable bonds is 7. The van der Waals surface area contributed by atoms with Crippen molar-refractivity contribution in [2.24, 2.45) is 5.14 Å². The molecule has 0 bridgehead atoms. The highest BCUT2D eigenvalue weighted by Crippen LogP contribution is 2.20. The van der Waals surface area contributed by atoms with E-state index in [1.54, 1.807) is 24.1 Å². The molecule has 0 unspecified atom stereocenters. The maximum absolute atomic E-state index is 12.1. The van der Waals surface area contributed by atoms with Crippen molar-refractivity contribution in [1.29, 1.82) is 0 Å². The Kier molecular flexibility index (Phi) is 7.27. The summed E-state index contributed by atoms with van der Waals surface area (Å²) in [6, 6.07) is 14.8. The summed E-state index contributed by atoms with van der Waals surface area (Å²) in [5.74, 6) is -0.443. The van der Waals surface area contributed by atoms with Crippen LogP contribution in [0.5, 0.6) is 0 Å². The Hall–Kier alpha value is -2.75. The number of likely N-dealkylation sites (N-methyl/N-ethyl adjacent to an activating group) is 1. The topological polar surface area (TPSA) is 122 Å². The zero-order chi connectivity index (χ0) is 20.7. The minimum atomic E-state index is -3.75. The van der Waals surface area contributed by atoms with E-state index < -0.39 is 22.0 Å². The van der Waals surface area contributed by atoms with Crippen LogP contribution < -0.4 is 15.8 Å². The first-order chi connectivity index (χ1) is 13.2. The van der Waals surface area contributed by atoms with E-state index in [4.69, 9.17) is 5.14 Å². The molecule has 0 aliphatic carbocycles. The number of primary sulfonamides is 1. The molecular weight excluding hydrogens is 380 g/mol. The number of benzene rings is 2. The van der Waals surface area contributed by atoms with Gasteiger partial charge in [-0.15, -0.1) is 0 Å². The van der Waals surface area contributed by atoms with Crippen molar-refractivity contribution in [3.63, 3.8) is 0 Å². The standard InChI is InChI=1S/C19H24N4O4S/c1-14(16-8-10-17(11-9-16)28(20,26)27)23(2)13-18(24)22-19(25)21-12-15-6-4-3-5-7-15/h3-11,14H,12-13H2,1-2H3,(H2,20,26,27)(H2,21,22,24,25)/t14-/m1/s1. The number of hydrogen-bond donors (Lipinski definition) is 3. The van der Waals surface area contributed by atoms with Crippen molar-refractivity contribution in [3.05, 3.63) is 65.7 Å². The molecule has 8 nitrogen and oxygen atoms in total. The second-order valence-corrected chi connectivity index (χ2v) is 7.98. The highest BCUT2D eigenvalue weighted by atomic mass is 32.2. The third-order valence-electron chi connectivity index (χ3n) is 4.29. The van der Waals surface area contributed by atoms with Gasteiger partial charge < -0.3 is 5.32 Å². The zero-order valence-corrected chi connectivity index (χ0v) is 16.6. The number of sulfonamides is 1. The number of carbonyl (C=O) groups is 2. The van der Waals surface area contributed by atoms with Gasteiger partial charge in [0.05, 0.1) is 11.4 Å². The molecule has 0 heterocycles. The van der Waals surface area contributed by atoms with Crippen LogP contribution in [-0.4, -0.2) is 38.8 Å². The molecule has 0 aromatic heterocycles. The molecule has 28 heavy (non-hydrogen) atoms. The van der Waals surface area contributed by atoms with Crippen molar-refractivity contribution in [1.82, 2.24) is 15.5 Å². The molecule has 3 amide bonds. The van der Waals surface area contributed by atoms with Crippen LogP contribution in [0, 0.1) is 0 Å². The highest BCUT2D eigenvalue weighted by Gasteiger charge is 2.17. The Balaban J connectivity index is 1.84. The minimum Gasteiger partial charge on any atom is -0.334 e. The van der Waals surface area contributed by atoms with Crippen LogP contribution >= 0.6 is 0 Å². The van der Waals surface area contributed by atoms with Gasteiger partial charge in [-0.3, -0.25) is 15.0 Å². The fraction of sp³-hybridized carbons (Fsp3) is 0.263. The summed E-state index contributed by atoms with van der Waals surface area (Å²) < 4.78 is 22.6. The third kappa shape index (κ3) is 6.45. The van der Waals surface area contributed by atoms with E-state index in [0.29, 0.717) is 6.54 Å². The summed E-state index contributed by atoms with van der Waals surface area (Å²) in [6.07, 6.45) is 0. The van der Waals surface area contributed by atoms with E-state index >= 15 is 0 Å². The molecule has 0 aliphatic heterocycles. The first-order valence-electron chi connectivity index (χ1n) is 8.61. The number of nitrogens with one attached hydrogen (secondary N) is 2. The van der Waals surface area contributed by atoms with Crippen LogP contribution in [0.15, 0.2) is 59.5 Å². The number of nitrogens with two attached hydrogens (primary N) is 1. The molecule has 1 atom stereocenters. The summed E-state index contributed by atoms with van der Waals surface area (Å²) >= 11 is 0. The van der Waals surface area contributed by atoms with Crippen LogP contribution in [0.3, 0.4) is 0 Å². The van der Waals surface area contributed by atoms with Crippen LogP contribution in [0.4, 0.5) is 4.79 Å². The van der Waals surface area contributed by atoms with E-state index in [1.807, 2.05) is 37.3 Å². The normalized spacial score (nSPS) is 12.4.